The summed E-state index contributed by atoms with van der Waals surface area (Å²) < 4.78 is 26.2. The molecule has 0 aromatic heterocycles. The molecule has 1 aliphatic carbocycles. The lowest BCUT2D eigenvalue weighted by molar-refractivity contribution is 0.439. The summed E-state index contributed by atoms with van der Waals surface area (Å²) in [6.45, 7) is 0. The van der Waals surface area contributed by atoms with Gasteiger partial charge in [0.1, 0.15) is 0 Å². The Morgan fingerprint density at radius 2 is 1.85 bits per heavy atom. The van der Waals surface area contributed by atoms with Crippen LogP contribution < -0.4 is 0 Å². The number of alkyl halides is 1. The van der Waals surface area contributed by atoms with Gasteiger partial charge in [-0.2, -0.15) is 0 Å². The van der Waals surface area contributed by atoms with Gasteiger partial charge in [0.2, 0.25) is 0 Å². The van der Waals surface area contributed by atoms with Crippen molar-refractivity contribution in [3.8, 4) is 0 Å². The second kappa shape index (κ2) is 5.53. The highest BCUT2D eigenvalue weighted by molar-refractivity contribution is 6.21. The van der Waals surface area contributed by atoms with Crippen molar-refractivity contribution in [1.82, 2.24) is 0 Å². The molecule has 2 unspecified atom stereocenters. The second-order valence-electron chi connectivity index (χ2n) is 5.35. The highest BCUT2D eigenvalue weighted by Crippen LogP contribution is 2.40. The number of aryl methyl sites for hydroxylation is 1. The molecule has 0 bridgehead atoms. The fraction of sp³-hybridized carbons (Fsp3) is 0.294. The standard InChI is InChI=1S/C17H15ClF2/c18-17-13(7-6-12-3-1-2-4-14(12)17)9-11-5-8-15(19)16(20)10-11/h1-5,8,10,13,17H,6-7,9H2. The number of hydrogen-bond acceptors (Lipinski definition) is 0. The number of hydrogen-bond donors (Lipinski definition) is 0. The van der Waals surface area contributed by atoms with E-state index >= 15 is 0 Å². The summed E-state index contributed by atoms with van der Waals surface area (Å²) in [7, 11) is 0. The molecule has 0 spiro atoms. The van der Waals surface area contributed by atoms with Gasteiger partial charge in [-0.15, -0.1) is 11.6 Å². The predicted octanol–water partition coefficient (Wildman–Crippen LogP) is 5.05. The van der Waals surface area contributed by atoms with Crippen LogP contribution >= 0.6 is 11.6 Å². The van der Waals surface area contributed by atoms with Crippen LogP contribution in [-0.2, 0) is 12.8 Å². The Balaban J connectivity index is 1.81. The molecule has 0 saturated heterocycles. The summed E-state index contributed by atoms with van der Waals surface area (Å²) in [4.78, 5) is 0. The molecule has 2 atom stereocenters. The fourth-order valence-electron chi connectivity index (χ4n) is 2.95. The molecule has 2 aromatic carbocycles. The fourth-order valence-corrected chi connectivity index (χ4v) is 3.37. The first-order chi connectivity index (χ1) is 9.65. The van der Waals surface area contributed by atoms with Gasteiger partial charge in [0.05, 0.1) is 5.38 Å². The van der Waals surface area contributed by atoms with E-state index in [4.69, 9.17) is 11.6 Å². The summed E-state index contributed by atoms with van der Waals surface area (Å²) in [5, 5.41) is -0.0620. The van der Waals surface area contributed by atoms with Gasteiger partial charge in [-0.3, -0.25) is 0 Å². The molecule has 0 nitrogen and oxygen atoms in total. The van der Waals surface area contributed by atoms with E-state index in [2.05, 4.69) is 12.1 Å². The van der Waals surface area contributed by atoms with Gasteiger partial charge in [-0.25, -0.2) is 8.78 Å². The van der Waals surface area contributed by atoms with Crippen molar-refractivity contribution < 1.29 is 8.78 Å². The van der Waals surface area contributed by atoms with E-state index in [1.165, 1.54) is 23.3 Å². The minimum Gasteiger partial charge on any atom is -0.204 e. The Morgan fingerprint density at radius 3 is 2.65 bits per heavy atom. The van der Waals surface area contributed by atoms with Gasteiger partial charge in [0, 0.05) is 0 Å². The van der Waals surface area contributed by atoms with Gasteiger partial charge < -0.3 is 0 Å². The summed E-state index contributed by atoms with van der Waals surface area (Å²) >= 11 is 6.57. The molecule has 0 amide bonds. The molecule has 1 aliphatic rings. The van der Waals surface area contributed by atoms with Crippen molar-refractivity contribution in [2.24, 2.45) is 5.92 Å². The van der Waals surface area contributed by atoms with Gasteiger partial charge in [0.25, 0.3) is 0 Å². The summed E-state index contributed by atoms with van der Waals surface area (Å²) in [5.41, 5.74) is 3.28. The number of fused-ring (bicyclic) bond motifs is 1. The number of benzene rings is 2. The van der Waals surface area contributed by atoms with E-state index < -0.39 is 11.6 Å². The van der Waals surface area contributed by atoms with Crippen LogP contribution in [0.4, 0.5) is 8.78 Å². The lowest BCUT2D eigenvalue weighted by Crippen LogP contribution is -2.19. The van der Waals surface area contributed by atoms with Crippen molar-refractivity contribution >= 4 is 11.6 Å². The quantitative estimate of drug-likeness (QED) is 0.680. The molecule has 0 N–H and O–H groups in total. The summed E-state index contributed by atoms with van der Waals surface area (Å²) in [5.74, 6) is -1.33. The van der Waals surface area contributed by atoms with E-state index in [0.717, 1.165) is 18.4 Å². The summed E-state index contributed by atoms with van der Waals surface area (Å²) in [6, 6.07) is 12.3. The van der Waals surface area contributed by atoms with E-state index in [-0.39, 0.29) is 11.3 Å². The van der Waals surface area contributed by atoms with Gasteiger partial charge in [0.15, 0.2) is 11.6 Å². The third-order valence-corrected chi connectivity index (χ3v) is 4.62. The van der Waals surface area contributed by atoms with Crippen LogP contribution in [0.2, 0.25) is 0 Å². The highest BCUT2D eigenvalue weighted by Gasteiger charge is 2.27. The molecule has 104 valence electrons. The van der Waals surface area contributed by atoms with Crippen molar-refractivity contribution in [1.29, 1.82) is 0 Å². The zero-order chi connectivity index (χ0) is 14.1. The lowest BCUT2D eigenvalue weighted by atomic mass is 9.80. The maximum absolute atomic E-state index is 13.3. The van der Waals surface area contributed by atoms with Crippen molar-refractivity contribution in [3.05, 3.63) is 70.8 Å². The van der Waals surface area contributed by atoms with Crippen LogP contribution in [0.5, 0.6) is 0 Å². The molecule has 0 saturated carbocycles. The van der Waals surface area contributed by atoms with Crippen LogP contribution in [-0.4, -0.2) is 0 Å². The molecule has 0 heterocycles. The van der Waals surface area contributed by atoms with Crippen LogP contribution in [0.25, 0.3) is 0 Å². The van der Waals surface area contributed by atoms with Crippen LogP contribution in [0.1, 0.15) is 28.5 Å². The maximum atomic E-state index is 13.3. The van der Waals surface area contributed by atoms with Crippen LogP contribution in [0, 0.1) is 17.6 Å². The lowest BCUT2D eigenvalue weighted by Gasteiger charge is -2.29. The Kier molecular flexibility index (Phi) is 3.75. The van der Waals surface area contributed by atoms with Crippen molar-refractivity contribution in [2.75, 3.05) is 0 Å². The Bertz CT molecular complexity index is 624. The molecule has 2 aromatic rings. The van der Waals surface area contributed by atoms with Crippen LogP contribution in [0.15, 0.2) is 42.5 Å². The van der Waals surface area contributed by atoms with Crippen molar-refractivity contribution in [3.63, 3.8) is 0 Å². The molecule has 20 heavy (non-hydrogen) atoms. The Hall–Kier alpha value is -1.41. The van der Waals surface area contributed by atoms with E-state index in [9.17, 15) is 8.78 Å². The average Bonchev–Trinajstić information content (AvgIpc) is 2.46. The molecule has 0 aliphatic heterocycles. The smallest absolute Gasteiger partial charge is 0.159 e. The molecular formula is C17H15ClF2. The number of rotatable bonds is 2. The molecule has 0 fully saturated rings. The third-order valence-electron chi connectivity index (χ3n) is 4.03. The largest absolute Gasteiger partial charge is 0.204 e. The first-order valence-electron chi connectivity index (χ1n) is 6.81. The predicted molar refractivity (Wildman–Crippen MR) is 76.9 cm³/mol. The Morgan fingerprint density at radius 1 is 1.05 bits per heavy atom. The minimum atomic E-state index is -0.801. The normalized spacial score (nSPS) is 21.6. The molecule has 0 radical (unpaired) electrons. The molecule has 3 rings (SSSR count). The highest BCUT2D eigenvalue weighted by atomic mass is 35.5. The second-order valence-corrected chi connectivity index (χ2v) is 5.82. The summed E-state index contributed by atoms with van der Waals surface area (Å²) in [6.07, 6.45) is 2.65. The first kappa shape index (κ1) is 13.6. The topological polar surface area (TPSA) is 0 Å². The van der Waals surface area contributed by atoms with Gasteiger partial charge in [-0.1, -0.05) is 30.3 Å². The van der Waals surface area contributed by atoms with E-state index in [1.807, 2.05) is 12.1 Å². The van der Waals surface area contributed by atoms with Crippen LogP contribution in [0.3, 0.4) is 0 Å². The van der Waals surface area contributed by atoms with E-state index in [0.29, 0.717) is 6.42 Å². The first-order valence-corrected chi connectivity index (χ1v) is 7.24. The zero-order valence-corrected chi connectivity index (χ0v) is 11.7. The minimum absolute atomic E-state index is 0.0620. The van der Waals surface area contributed by atoms with Gasteiger partial charge in [-0.05, 0) is 54.0 Å². The zero-order valence-electron chi connectivity index (χ0n) is 11.0. The monoisotopic (exact) mass is 292 g/mol. The SMILES string of the molecule is Fc1ccc(CC2CCc3ccccc3C2Cl)cc1F. The van der Waals surface area contributed by atoms with E-state index in [1.54, 1.807) is 6.07 Å². The molecule has 3 heteroatoms. The van der Waals surface area contributed by atoms with Gasteiger partial charge >= 0.3 is 0 Å². The average molecular weight is 293 g/mol. The maximum Gasteiger partial charge on any atom is 0.159 e. The van der Waals surface area contributed by atoms with Crippen molar-refractivity contribution in [2.45, 2.75) is 24.6 Å². The Labute approximate surface area is 122 Å². The molecular weight excluding hydrogens is 278 g/mol. The third kappa shape index (κ3) is 2.57. The number of halogens is 3.